The molecule has 5 N–H and O–H groups in total. The van der Waals surface area contributed by atoms with Crippen LogP contribution in [-0.4, -0.2) is 23.8 Å². The Hall–Kier alpha value is -0.120. The third-order valence-corrected chi connectivity index (χ3v) is 1.12. The van der Waals surface area contributed by atoms with Crippen molar-refractivity contribution in [1.82, 2.24) is 0 Å². The van der Waals surface area contributed by atoms with Crippen molar-refractivity contribution in [2.24, 2.45) is 11.5 Å². The van der Waals surface area contributed by atoms with E-state index in [0.717, 1.165) is 0 Å². The first-order valence-electron chi connectivity index (χ1n) is 2.82. The van der Waals surface area contributed by atoms with Crippen LogP contribution in [-0.2, 0) is 0 Å². The molecule has 0 amide bonds. The molecule has 3 heteroatoms. The molecule has 0 spiro atoms. The topological polar surface area (TPSA) is 72.3 Å². The predicted molar refractivity (Wildman–Crippen MR) is 33.3 cm³/mol. The van der Waals surface area contributed by atoms with Crippen LogP contribution in [0.5, 0.6) is 0 Å². The van der Waals surface area contributed by atoms with Crippen LogP contribution >= 0.6 is 0 Å². The molecule has 0 saturated carbocycles. The lowest BCUT2D eigenvalue weighted by atomic mass is 10.1. The van der Waals surface area contributed by atoms with Gasteiger partial charge in [-0.05, 0) is 19.9 Å². The van der Waals surface area contributed by atoms with E-state index >= 15 is 0 Å². The number of hydrogen-bond acceptors (Lipinski definition) is 3. The summed E-state index contributed by atoms with van der Waals surface area (Å²) in [6.07, 6.45) is 0.260. The molecule has 0 radical (unpaired) electrons. The molecular formula is C5H14N2O. The zero-order valence-electron chi connectivity index (χ0n) is 5.17. The molecule has 2 unspecified atom stereocenters. The second-order valence-electron chi connectivity index (χ2n) is 1.98. The van der Waals surface area contributed by atoms with Crippen LogP contribution in [0.25, 0.3) is 0 Å². The third kappa shape index (κ3) is 2.96. The maximum atomic E-state index is 8.77. The Morgan fingerprint density at radius 3 is 2.25 bits per heavy atom. The molecule has 0 aromatic rings. The van der Waals surface area contributed by atoms with Crippen molar-refractivity contribution in [2.45, 2.75) is 25.5 Å². The second-order valence-corrected chi connectivity index (χ2v) is 1.98. The summed E-state index contributed by atoms with van der Waals surface area (Å²) in [5.74, 6) is 0. The van der Waals surface area contributed by atoms with Gasteiger partial charge in [0.15, 0.2) is 0 Å². The Morgan fingerprint density at radius 2 is 2.12 bits per heavy atom. The fourth-order valence-electron chi connectivity index (χ4n) is 0.434. The van der Waals surface area contributed by atoms with E-state index in [9.17, 15) is 0 Å². The minimum absolute atomic E-state index is 0.153. The monoisotopic (exact) mass is 118 g/mol. The maximum absolute atomic E-state index is 8.77. The summed E-state index contributed by atoms with van der Waals surface area (Å²) in [6, 6.07) is -0.153. The Kier molecular flexibility index (Phi) is 3.77. The highest BCUT2D eigenvalue weighted by atomic mass is 16.3. The largest absolute Gasteiger partial charge is 0.392 e. The Labute approximate surface area is 49.7 Å². The van der Waals surface area contributed by atoms with E-state index in [0.29, 0.717) is 13.0 Å². The Morgan fingerprint density at radius 1 is 1.62 bits per heavy atom. The van der Waals surface area contributed by atoms with E-state index in [4.69, 9.17) is 16.6 Å². The van der Waals surface area contributed by atoms with Crippen molar-refractivity contribution in [1.29, 1.82) is 0 Å². The second kappa shape index (κ2) is 3.83. The maximum Gasteiger partial charge on any atom is 0.0663 e. The number of rotatable bonds is 3. The highest BCUT2D eigenvalue weighted by Crippen LogP contribution is 1.91. The molecule has 0 aromatic heterocycles. The summed E-state index contributed by atoms with van der Waals surface area (Å²) in [5.41, 5.74) is 10.6. The fraction of sp³-hybridized carbons (Fsp3) is 1.00. The van der Waals surface area contributed by atoms with Gasteiger partial charge in [-0.3, -0.25) is 0 Å². The van der Waals surface area contributed by atoms with E-state index in [-0.39, 0.29) is 6.04 Å². The van der Waals surface area contributed by atoms with E-state index in [2.05, 4.69) is 0 Å². The summed E-state index contributed by atoms with van der Waals surface area (Å²) in [4.78, 5) is 0. The van der Waals surface area contributed by atoms with Crippen molar-refractivity contribution in [2.75, 3.05) is 6.54 Å². The first-order chi connectivity index (χ1) is 3.68. The van der Waals surface area contributed by atoms with E-state index < -0.39 is 6.10 Å². The van der Waals surface area contributed by atoms with Crippen LogP contribution in [0.15, 0.2) is 0 Å². The van der Waals surface area contributed by atoms with E-state index in [1.54, 1.807) is 6.92 Å². The molecular weight excluding hydrogens is 104 g/mol. The van der Waals surface area contributed by atoms with Crippen LogP contribution in [0, 0.1) is 0 Å². The van der Waals surface area contributed by atoms with Gasteiger partial charge in [-0.2, -0.15) is 0 Å². The van der Waals surface area contributed by atoms with Crippen molar-refractivity contribution < 1.29 is 5.11 Å². The molecule has 0 bridgehead atoms. The Balaban J connectivity index is 3.17. The quantitative estimate of drug-likeness (QED) is 0.447. The average molecular weight is 118 g/mol. The summed E-state index contributed by atoms with van der Waals surface area (Å²) < 4.78 is 0. The van der Waals surface area contributed by atoms with Crippen LogP contribution in [0.3, 0.4) is 0 Å². The molecule has 2 atom stereocenters. The zero-order valence-corrected chi connectivity index (χ0v) is 5.17. The lowest BCUT2D eigenvalue weighted by Gasteiger charge is -2.11. The van der Waals surface area contributed by atoms with Crippen molar-refractivity contribution >= 4 is 0 Å². The van der Waals surface area contributed by atoms with Crippen LogP contribution in [0.4, 0.5) is 0 Å². The molecule has 0 fully saturated rings. The summed E-state index contributed by atoms with van der Waals surface area (Å²) >= 11 is 0. The molecule has 8 heavy (non-hydrogen) atoms. The molecule has 0 aliphatic heterocycles. The number of aliphatic hydroxyl groups is 1. The Bertz CT molecular complexity index is 56.4. The van der Waals surface area contributed by atoms with Gasteiger partial charge < -0.3 is 16.6 Å². The lowest BCUT2D eigenvalue weighted by Crippen LogP contribution is -2.34. The number of nitrogens with two attached hydrogens (primary N) is 2. The summed E-state index contributed by atoms with van der Waals surface area (Å²) in [6.45, 7) is 2.21. The van der Waals surface area contributed by atoms with Gasteiger partial charge in [0.25, 0.3) is 0 Å². The molecule has 0 saturated heterocycles. The SMILES string of the molecule is CC(O)C(N)CCN. The molecule has 50 valence electrons. The molecule has 0 aliphatic carbocycles. The number of hydrogen-bond donors (Lipinski definition) is 3. The van der Waals surface area contributed by atoms with Gasteiger partial charge in [0.2, 0.25) is 0 Å². The van der Waals surface area contributed by atoms with Gasteiger partial charge in [0, 0.05) is 6.04 Å². The lowest BCUT2D eigenvalue weighted by molar-refractivity contribution is 0.160. The van der Waals surface area contributed by atoms with Crippen LogP contribution in [0.1, 0.15) is 13.3 Å². The van der Waals surface area contributed by atoms with Gasteiger partial charge in [0.1, 0.15) is 0 Å². The van der Waals surface area contributed by atoms with Gasteiger partial charge >= 0.3 is 0 Å². The molecule has 3 nitrogen and oxygen atoms in total. The van der Waals surface area contributed by atoms with Crippen molar-refractivity contribution in [3.63, 3.8) is 0 Å². The third-order valence-electron chi connectivity index (χ3n) is 1.12. The summed E-state index contributed by atoms with van der Waals surface area (Å²) in [5, 5.41) is 8.77. The standard InChI is InChI=1S/C5H14N2O/c1-4(8)5(7)2-3-6/h4-5,8H,2-3,6-7H2,1H3. The molecule has 0 rings (SSSR count). The first-order valence-corrected chi connectivity index (χ1v) is 2.82. The zero-order chi connectivity index (χ0) is 6.57. The van der Waals surface area contributed by atoms with Crippen molar-refractivity contribution in [3.05, 3.63) is 0 Å². The number of aliphatic hydroxyl groups excluding tert-OH is 1. The van der Waals surface area contributed by atoms with Gasteiger partial charge in [-0.15, -0.1) is 0 Å². The predicted octanol–water partition coefficient (Wildman–Crippen LogP) is -0.957. The first kappa shape index (κ1) is 7.88. The smallest absolute Gasteiger partial charge is 0.0663 e. The molecule has 0 aromatic carbocycles. The highest BCUT2D eigenvalue weighted by Gasteiger charge is 2.05. The normalized spacial score (nSPS) is 18.0. The minimum Gasteiger partial charge on any atom is -0.392 e. The molecule has 0 aliphatic rings. The van der Waals surface area contributed by atoms with E-state index in [1.165, 1.54) is 0 Å². The van der Waals surface area contributed by atoms with Gasteiger partial charge in [0.05, 0.1) is 6.10 Å². The fourth-order valence-corrected chi connectivity index (χ4v) is 0.434. The van der Waals surface area contributed by atoms with Crippen molar-refractivity contribution in [3.8, 4) is 0 Å². The van der Waals surface area contributed by atoms with Crippen LogP contribution < -0.4 is 11.5 Å². The highest BCUT2D eigenvalue weighted by molar-refractivity contribution is 4.66. The van der Waals surface area contributed by atoms with Gasteiger partial charge in [-0.1, -0.05) is 0 Å². The summed E-state index contributed by atoms with van der Waals surface area (Å²) in [7, 11) is 0. The van der Waals surface area contributed by atoms with Crippen LogP contribution in [0.2, 0.25) is 0 Å². The van der Waals surface area contributed by atoms with Gasteiger partial charge in [-0.25, -0.2) is 0 Å². The van der Waals surface area contributed by atoms with E-state index in [1.807, 2.05) is 0 Å². The minimum atomic E-state index is -0.432. The average Bonchev–Trinajstić information content (AvgIpc) is 1.67. The molecule has 0 heterocycles.